The third kappa shape index (κ3) is 2.25. The molecule has 0 saturated carbocycles. The van der Waals surface area contributed by atoms with E-state index < -0.39 is 12.0 Å². The zero-order valence-electron chi connectivity index (χ0n) is 8.40. The molecule has 0 bridgehead atoms. The Balaban J connectivity index is 2.29. The Morgan fingerprint density at radius 1 is 1.50 bits per heavy atom. The molecule has 0 saturated heterocycles. The highest BCUT2D eigenvalue weighted by atomic mass is 79.9. The van der Waals surface area contributed by atoms with Crippen molar-refractivity contribution < 1.29 is 9.90 Å². The molecule has 0 aliphatic heterocycles. The van der Waals surface area contributed by atoms with Crippen LogP contribution in [0.15, 0.2) is 28.7 Å². The number of nitrogens with two attached hydrogens (primary N) is 1. The van der Waals surface area contributed by atoms with E-state index in [1.807, 2.05) is 24.3 Å². The number of rotatable bonds is 3. The smallest absolute Gasteiger partial charge is 0.320 e. The molecule has 0 aliphatic rings. The van der Waals surface area contributed by atoms with Crippen LogP contribution in [0.2, 0.25) is 0 Å². The van der Waals surface area contributed by atoms with Crippen LogP contribution in [0.25, 0.3) is 10.9 Å². The molecule has 0 aliphatic carbocycles. The lowest BCUT2D eigenvalue weighted by molar-refractivity contribution is -0.138. The van der Waals surface area contributed by atoms with Crippen LogP contribution in [0.5, 0.6) is 0 Å². The van der Waals surface area contributed by atoms with Crippen molar-refractivity contribution >= 4 is 32.8 Å². The maximum atomic E-state index is 10.6. The van der Waals surface area contributed by atoms with Gasteiger partial charge in [-0.05, 0) is 24.3 Å². The molecule has 84 valence electrons. The summed E-state index contributed by atoms with van der Waals surface area (Å²) in [6, 6.07) is 6.90. The minimum absolute atomic E-state index is 0.307. The van der Waals surface area contributed by atoms with E-state index in [1.165, 1.54) is 0 Å². The number of H-pyrrole nitrogens is 1. The fourth-order valence-electron chi connectivity index (χ4n) is 1.60. The van der Waals surface area contributed by atoms with Crippen molar-refractivity contribution in [3.8, 4) is 0 Å². The van der Waals surface area contributed by atoms with Gasteiger partial charge in [-0.25, -0.2) is 0 Å². The minimum atomic E-state index is -0.986. The average Bonchev–Trinajstić information content (AvgIpc) is 2.58. The van der Waals surface area contributed by atoms with Crippen LogP contribution < -0.4 is 5.73 Å². The second kappa shape index (κ2) is 4.27. The average molecular weight is 283 g/mol. The van der Waals surface area contributed by atoms with Gasteiger partial charge in [0.25, 0.3) is 0 Å². The largest absolute Gasteiger partial charge is 0.480 e. The number of hydrogen-bond donors (Lipinski definition) is 3. The van der Waals surface area contributed by atoms with Crippen molar-refractivity contribution in [1.82, 2.24) is 4.98 Å². The van der Waals surface area contributed by atoms with Crippen molar-refractivity contribution in [3.63, 3.8) is 0 Å². The topological polar surface area (TPSA) is 79.1 Å². The molecular formula is C11H11BrN2O2. The fraction of sp³-hybridized carbons (Fsp3) is 0.182. The number of carboxylic acids is 1. The Kier molecular flexibility index (Phi) is 2.98. The van der Waals surface area contributed by atoms with Gasteiger partial charge in [0.2, 0.25) is 0 Å². The van der Waals surface area contributed by atoms with Gasteiger partial charge in [0.1, 0.15) is 6.04 Å². The molecular weight excluding hydrogens is 272 g/mol. The van der Waals surface area contributed by atoms with Crippen molar-refractivity contribution in [2.45, 2.75) is 12.5 Å². The van der Waals surface area contributed by atoms with Gasteiger partial charge in [-0.1, -0.05) is 15.9 Å². The highest BCUT2D eigenvalue weighted by Crippen LogP contribution is 2.20. The highest BCUT2D eigenvalue weighted by Gasteiger charge is 2.13. The summed E-state index contributed by atoms with van der Waals surface area (Å²) in [7, 11) is 0. The molecule has 1 atom stereocenters. The summed E-state index contributed by atoms with van der Waals surface area (Å²) in [4.78, 5) is 13.8. The van der Waals surface area contributed by atoms with Crippen molar-refractivity contribution in [3.05, 3.63) is 34.4 Å². The maximum Gasteiger partial charge on any atom is 0.320 e. The summed E-state index contributed by atoms with van der Waals surface area (Å²) < 4.78 is 0.994. The Bertz CT molecular complexity index is 536. The van der Waals surface area contributed by atoms with Gasteiger partial charge < -0.3 is 15.8 Å². The third-order valence-electron chi connectivity index (χ3n) is 2.40. The maximum absolute atomic E-state index is 10.6. The number of carbonyl (C=O) groups is 1. The first-order chi connectivity index (χ1) is 7.56. The number of nitrogens with one attached hydrogen (secondary N) is 1. The van der Waals surface area contributed by atoms with Crippen LogP contribution in [0.1, 0.15) is 5.69 Å². The van der Waals surface area contributed by atoms with E-state index in [0.717, 1.165) is 21.1 Å². The number of carboxylic acid groups (broad SMARTS) is 1. The quantitative estimate of drug-likeness (QED) is 0.804. The van der Waals surface area contributed by atoms with Crippen LogP contribution in [-0.4, -0.2) is 22.1 Å². The van der Waals surface area contributed by atoms with E-state index in [0.29, 0.717) is 6.42 Å². The van der Waals surface area contributed by atoms with Gasteiger partial charge in [0, 0.05) is 27.5 Å². The first-order valence-corrected chi connectivity index (χ1v) is 5.61. The van der Waals surface area contributed by atoms with E-state index in [-0.39, 0.29) is 0 Å². The van der Waals surface area contributed by atoms with E-state index in [9.17, 15) is 4.79 Å². The van der Waals surface area contributed by atoms with E-state index in [4.69, 9.17) is 10.8 Å². The van der Waals surface area contributed by atoms with Crippen molar-refractivity contribution in [1.29, 1.82) is 0 Å². The molecule has 1 aromatic carbocycles. The number of benzene rings is 1. The predicted octanol–water partition coefficient (Wildman–Crippen LogP) is 1.88. The highest BCUT2D eigenvalue weighted by molar-refractivity contribution is 9.10. The Hall–Kier alpha value is -1.33. The molecule has 0 unspecified atom stereocenters. The number of aromatic amines is 1. The van der Waals surface area contributed by atoms with E-state index in [1.54, 1.807) is 0 Å². The van der Waals surface area contributed by atoms with Gasteiger partial charge in [-0.15, -0.1) is 0 Å². The molecule has 0 amide bonds. The van der Waals surface area contributed by atoms with Crippen LogP contribution in [0.4, 0.5) is 0 Å². The molecule has 1 aromatic heterocycles. The zero-order chi connectivity index (χ0) is 11.7. The van der Waals surface area contributed by atoms with Crippen LogP contribution in [0, 0.1) is 0 Å². The molecule has 2 aromatic rings. The van der Waals surface area contributed by atoms with Crippen molar-refractivity contribution in [2.75, 3.05) is 0 Å². The SMILES string of the molecule is N[C@H](Cc1cc2cc(Br)ccc2[nH]1)C(=O)O. The molecule has 0 fully saturated rings. The van der Waals surface area contributed by atoms with Crippen LogP contribution in [0.3, 0.4) is 0 Å². The molecule has 2 rings (SSSR count). The zero-order valence-corrected chi connectivity index (χ0v) is 9.99. The molecule has 16 heavy (non-hydrogen) atoms. The van der Waals surface area contributed by atoms with Gasteiger partial charge in [0.05, 0.1) is 0 Å². The predicted molar refractivity (Wildman–Crippen MR) is 65.3 cm³/mol. The second-order valence-electron chi connectivity index (χ2n) is 3.68. The Labute approximate surface area is 101 Å². The third-order valence-corrected chi connectivity index (χ3v) is 2.89. The molecule has 0 spiro atoms. The van der Waals surface area contributed by atoms with Gasteiger partial charge in [-0.2, -0.15) is 0 Å². The molecule has 0 radical (unpaired) electrons. The summed E-state index contributed by atoms with van der Waals surface area (Å²) in [6.45, 7) is 0. The molecule has 5 heteroatoms. The summed E-state index contributed by atoms with van der Waals surface area (Å²) >= 11 is 3.38. The van der Waals surface area contributed by atoms with Crippen LogP contribution >= 0.6 is 15.9 Å². The van der Waals surface area contributed by atoms with Gasteiger partial charge in [0.15, 0.2) is 0 Å². The summed E-state index contributed by atoms with van der Waals surface area (Å²) in [5.41, 5.74) is 7.29. The lowest BCUT2D eigenvalue weighted by Crippen LogP contribution is -2.32. The van der Waals surface area contributed by atoms with E-state index >= 15 is 0 Å². The lowest BCUT2D eigenvalue weighted by atomic mass is 10.1. The number of fused-ring (bicyclic) bond motifs is 1. The monoisotopic (exact) mass is 282 g/mol. The van der Waals surface area contributed by atoms with Gasteiger partial charge in [-0.3, -0.25) is 4.79 Å². The lowest BCUT2D eigenvalue weighted by Gasteiger charge is -2.02. The normalized spacial score (nSPS) is 12.9. The van der Waals surface area contributed by atoms with Crippen molar-refractivity contribution in [2.24, 2.45) is 5.73 Å². The standard InChI is InChI=1S/C11H11BrN2O2/c12-7-1-2-10-6(3-7)4-8(14-10)5-9(13)11(15)16/h1-4,9,14H,5,13H2,(H,15,16)/t9-/m1/s1. The summed E-state index contributed by atoms with van der Waals surface area (Å²) in [6.07, 6.45) is 0.307. The van der Waals surface area contributed by atoms with E-state index in [2.05, 4.69) is 20.9 Å². The van der Waals surface area contributed by atoms with Gasteiger partial charge >= 0.3 is 5.97 Å². The minimum Gasteiger partial charge on any atom is -0.480 e. The summed E-state index contributed by atoms with van der Waals surface area (Å²) in [5.74, 6) is -0.986. The number of hydrogen-bond acceptors (Lipinski definition) is 2. The molecule has 4 nitrogen and oxygen atoms in total. The Morgan fingerprint density at radius 3 is 2.94 bits per heavy atom. The summed E-state index contributed by atoms with van der Waals surface area (Å²) in [5, 5.41) is 9.76. The molecule has 1 heterocycles. The first kappa shape index (κ1) is 11.2. The number of halogens is 1. The number of aliphatic carboxylic acids is 1. The first-order valence-electron chi connectivity index (χ1n) is 4.82. The van der Waals surface area contributed by atoms with Crippen LogP contribution in [-0.2, 0) is 11.2 Å². The number of aromatic nitrogens is 1. The fourth-order valence-corrected chi connectivity index (χ4v) is 1.98. The second-order valence-corrected chi connectivity index (χ2v) is 4.59. The Morgan fingerprint density at radius 2 is 2.25 bits per heavy atom. The molecule has 4 N–H and O–H groups in total.